The zero-order chi connectivity index (χ0) is 19.8. The highest BCUT2D eigenvalue weighted by Crippen LogP contribution is 2.36. The van der Waals surface area contributed by atoms with Gasteiger partial charge in [0.25, 0.3) is 5.91 Å². The Balaban J connectivity index is 1.27. The quantitative estimate of drug-likeness (QED) is 0.740. The van der Waals surface area contributed by atoms with Crippen molar-refractivity contribution in [2.24, 2.45) is 0 Å². The number of fused-ring (bicyclic) bond motifs is 2. The molecule has 7 heteroatoms. The molecule has 3 heterocycles. The van der Waals surface area contributed by atoms with Gasteiger partial charge in [0.05, 0.1) is 12.4 Å². The Hall–Kier alpha value is -3.61. The summed E-state index contributed by atoms with van der Waals surface area (Å²) in [6, 6.07) is 14.2. The molecule has 2 aliphatic rings. The van der Waals surface area contributed by atoms with Crippen molar-refractivity contribution >= 4 is 17.4 Å². The third-order valence-electron chi connectivity index (χ3n) is 5.21. The second kappa shape index (κ2) is 7.09. The smallest absolute Gasteiger partial charge is 0.271 e. The number of benzene rings is 2. The second-order valence-corrected chi connectivity index (χ2v) is 7.18. The lowest BCUT2D eigenvalue weighted by Crippen LogP contribution is -2.26. The van der Waals surface area contributed by atoms with Crippen molar-refractivity contribution in [2.45, 2.75) is 25.9 Å². The van der Waals surface area contributed by atoms with Gasteiger partial charge < -0.3 is 19.7 Å². The van der Waals surface area contributed by atoms with Crippen molar-refractivity contribution in [3.8, 4) is 11.5 Å². The lowest BCUT2D eigenvalue weighted by Gasteiger charge is -2.23. The molecule has 5 rings (SSSR count). The number of nitrogens with one attached hydrogen (secondary N) is 1. The first-order valence-electron chi connectivity index (χ1n) is 9.55. The van der Waals surface area contributed by atoms with E-state index >= 15 is 0 Å². The minimum atomic E-state index is -0.267. The fourth-order valence-electron chi connectivity index (χ4n) is 3.80. The Labute approximate surface area is 168 Å². The van der Waals surface area contributed by atoms with Gasteiger partial charge in [0, 0.05) is 18.3 Å². The minimum absolute atomic E-state index is 0.229. The number of anilines is 2. The number of hydrogen-bond donors (Lipinski definition) is 1. The van der Waals surface area contributed by atoms with Crippen LogP contribution in [0.4, 0.5) is 11.5 Å². The van der Waals surface area contributed by atoms with E-state index in [0.717, 1.165) is 29.2 Å². The first kappa shape index (κ1) is 17.5. The van der Waals surface area contributed by atoms with Crippen LogP contribution < -0.4 is 19.7 Å². The highest BCUT2D eigenvalue weighted by molar-refractivity contribution is 5.92. The number of amides is 1. The molecule has 3 aromatic rings. The molecule has 0 spiro atoms. The van der Waals surface area contributed by atoms with E-state index in [1.807, 2.05) is 30.3 Å². The molecule has 1 N–H and O–H groups in total. The van der Waals surface area contributed by atoms with E-state index in [1.165, 1.54) is 11.8 Å². The number of ether oxygens (including phenoxy) is 2. The van der Waals surface area contributed by atoms with Gasteiger partial charge in [0.1, 0.15) is 5.69 Å². The van der Waals surface area contributed by atoms with Crippen molar-refractivity contribution < 1.29 is 14.3 Å². The zero-order valence-electron chi connectivity index (χ0n) is 16.0. The first-order chi connectivity index (χ1) is 14.2. The van der Waals surface area contributed by atoms with Crippen LogP contribution in [0.2, 0.25) is 0 Å². The summed E-state index contributed by atoms with van der Waals surface area (Å²) in [6.07, 6.45) is 4.15. The molecule has 146 valence electrons. The highest BCUT2D eigenvalue weighted by atomic mass is 16.7. The van der Waals surface area contributed by atoms with E-state index < -0.39 is 0 Å². The summed E-state index contributed by atoms with van der Waals surface area (Å²) in [6.45, 7) is 2.76. The molecular weight excluding hydrogens is 368 g/mol. The fraction of sp³-hybridized carbons (Fsp3) is 0.227. The maximum Gasteiger partial charge on any atom is 0.271 e. The molecule has 0 saturated heterocycles. The Bertz CT molecular complexity index is 1070. The van der Waals surface area contributed by atoms with E-state index in [2.05, 4.69) is 39.2 Å². The van der Waals surface area contributed by atoms with Gasteiger partial charge in [-0.1, -0.05) is 24.3 Å². The van der Waals surface area contributed by atoms with Gasteiger partial charge in [-0.3, -0.25) is 4.79 Å². The van der Waals surface area contributed by atoms with Gasteiger partial charge in [0.15, 0.2) is 17.3 Å². The predicted octanol–water partition coefficient (Wildman–Crippen LogP) is 3.22. The maximum absolute atomic E-state index is 12.5. The minimum Gasteiger partial charge on any atom is -0.454 e. The molecule has 1 amide bonds. The average Bonchev–Trinajstić information content (AvgIpc) is 3.35. The number of nitrogens with zero attached hydrogens (tertiary/aromatic N) is 3. The van der Waals surface area contributed by atoms with Crippen LogP contribution in [0.15, 0.2) is 54.9 Å². The number of para-hydroxylation sites is 1. The van der Waals surface area contributed by atoms with Gasteiger partial charge in [0.2, 0.25) is 6.79 Å². The van der Waals surface area contributed by atoms with Crippen LogP contribution >= 0.6 is 0 Å². The van der Waals surface area contributed by atoms with Gasteiger partial charge in [-0.05, 0) is 42.7 Å². The maximum atomic E-state index is 12.5. The van der Waals surface area contributed by atoms with Gasteiger partial charge in [-0.25, -0.2) is 9.97 Å². The molecule has 0 saturated carbocycles. The standard InChI is InChI=1S/C22H20N4O3/c1-14-8-16-4-2-3-5-18(16)26(14)21-12-23-17(11-24-21)22(27)25-10-15-6-7-19-20(9-15)29-13-28-19/h2-7,9,11-12,14H,8,10,13H2,1H3,(H,25,27). The van der Waals surface area contributed by atoms with E-state index in [0.29, 0.717) is 18.3 Å². The molecule has 2 aromatic carbocycles. The van der Waals surface area contributed by atoms with Gasteiger partial charge in [-0.15, -0.1) is 0 Å². The van der Waals surface area contributed by atoms with Gasteiger partial charge in [-0.2, -0.15) is 0 Å². The van der Waals surface area contributed by atoms with Crippen LogP contribution in [0.25, 0.3) is 0 Å². The molecule has 1 atom stereocenters. The molecule has 0 fully saturated rings. The zero-order valence-corrected chi connectivity index (χ0v) is 16.0. The van der Waals surface area contributed by atoms with Crippen molar-refractivity contribution in [1.29, 1.82) is 0 Å². The monoisotopic (exact) mass is 388 g/mol. The molecule has 0 radical (unpaired) electrons. The summed E-state index contributed by atoms with van der Waals surface area (Å²) in [4.78, 5) is 23.5. The van der Waals surface area contributed by atoms with Crippen LogP contribution in [0, 0.1) is 0 Å². The summed E-state index contributed by atoms with van der Waals surface area (Å²) in [7, 11) is 0. The van der Waals surface area contributed by atoms with Crippen LogP contribution in [-0.4, -0.2) is 28.7 Å². The SMILES string of the molecule is CC1Cc2ccccc2N1c1cnc(C(=O)NCc2ccc3c(c2)OCO3)cn1. The summed E-state index contributed by atoms with van der Waals surface area (Å²) >= 11 is 0. The van der Waals surface area contributed by atoms with Crippen molar-refractivity contribution in [2.75, 3.05) is 11.7 Å². The summed E-state index contributed by atoms with van der Waals surface area (Å²) in [5.41, 5.74) is 3.66. The largest absolute Gasteiger partial charge is 0.454 e. The molecule has 7 nitrogen and oxygen atoms in total. The van der Waals surface area contributed by atoms with Crippen molar-refractivity contribution in [1.82, 2.24) is 15.3 Å². The topological polar surface area (TPSA) is 76.6 Å². The van der Waals surface area contributed by atoms with Crippen LogP contribution in [0.5, 0.6) is 11.5 Å². The third-order valence-corrected chi connectivity index (χ3v) is 5.21. The molecule has 1 unspecified atom stereocenters. The first-order valence-corrected chi connectivity index (χ1v) is 9.55. The van der Waals surface area contributed by atoms with E-state index in [4.69, 9.17) is 9.47 Å². The Morgan fingerprint density at radius 2 is 2.00 bits per heavy atom. The van der Waals surface area contributed by atoms with Crippen molar-refractivity contribution in [3.63, 3.8) is 0 Å². The summed E-state index contributed by atoms with van der Waals surface area (Å²) in [5.74, 6) is 1.89. The predicted molar refractivity (Wildman–Crippen MR) is 108 cm³/mol. The second-order valence-electron chi connectivity index (χ2n) is 7.18. The summed E-state index contributed by atoms with van der Waals surface area (Å²) < 4.78 is 10.7. The Morgan fingerprint density at radius 1 is 1.14 bits per heavy atom. The number of hydrogen-bond acceptors (Lipinski definition) is 6. The van der Waals surface area contributed by atoms with Crippen LogP contribution in [-0.2, 0) is 13.0 Å². The number of carbonyl (C=O) groups excluding carboxylic acids is 1. The molecule has 0 aliphatic carbocycles. The Kier molecular flexibility index (Phi) is 4.27. The Morgan fingerprint density at radius 3 is 2.86 bits per heavy atom. The summed E-state index contributed by atoms with van der Waals surface area (Å²) in [5, 5.41) is 2.87. The third kappa shape index (κ3) is 3.24. The molecule has 0 bridgehead atoms. The highest BCUT2D eigenvalue weighted by Gasteiger charge is 2.28. The van der Waals surface area contributed by atoms with Crippen molar-refractivity contribution in [3.05, 3.63) is 71.7 Å². The van der Waals surface area contributed by atoms with Crippen LogP contribution in [0.3, 0.4) is 0 Å². The lowest BCUT2D eigenvalue weighted by molar-refractivity contribution is 0.0945. The lowest BCUT2D eigenvalue weighted by atomic mass is 10.1. The number of rotatable bonds is 4. The number of aromatic nitrogens is 2. The normalized spacial score (nSPS) is 16.6. The fourth-order valence-corrected chi connectivity index (χ4v) is 3.80. The van der Waals surface area contributed by atoms with Gasteiger partial charge >= 0.3 is 0 Å². The average molecular weight is 388 g/mol. The van der Waals surface area contributed by atoms with E-state index in [-0.39, 0.29) is 18.4 Å². The molecule has 2 aliphatic heterocycles. The van der Waals surface area contributed by atoms with Crippen LogP contribution in [0.1, 0.15) is 28.5 Å². The molecular formula is C22H20N4O3. The van der Waals surface area contributed by atoms with E-state index in [9.17, 15) is 4.79 Å². The molecule has 29 heavy (non-hydrogen) atoms. The molecule has 1 aromatic heterocycles. The number of carbonyl (C=O) groups is 1. The van der Waals surface area contributed by atoms with E-state index in [1.54, 1.807) is 6.20 Å².